The first kappa shape index (κ1) is 39.8. The fraction of sp³-hybridized carbons (Fsp3) is 0.333. The summed E-state index contributed by atoms with van der Waals surface area (Å²) in [6.07, 6.45) is 11.2. The van der Waals surface area contributed by atoms with Crippen molar-refractivity contribution < 1.29 is 9.59 Å². The molecule has 0 aliphatic heterocycles. The minimum Gasteiger partial charge on any atom is -0.289 e. The van der Waals surface area contributed by atoms with Crippen LogP contribution >= 0.6 is 0 Å². The van der Waals surface area contributed by atoms with Crippen LogP contribution in [0.5, 0.6) is 0 Å². The number of benzene rings is 3. The van der Waals surface area contributed by atoms with Crippen LogP contribution in [0.25, 0.3) is 22.3 Å². The molecule has 2 aliphatic rings. The van der Waals surface area contributed by atoms with Crippen LogP contribution in [0.15, 0.2) is 163 Å². The molecule has 0 atom stereocenters. The molecular formula is C48H54N4O2. The van der Waals surface area contributed by atoms with Gasteiger partial charge in [-0.25, -0.2) is 0 Å². The quantitative estimate of drug-likeness (QED) is 0.238. The van der Waals surface area contributed by atoms with Gasteiger partial charge in [-0.1, -0.05) is 138 Å². The Kier molecular flexibility index (Phi) is 11.2. The van der Waals surface area contributed by atoms with Crippen molar-refractivity contribution in [3.63, 3.8) is 0 Å². The summed E-state index contributed by atoms with van der Waals surface area (Å²) in [4.78, 5) is 26.8. The van der Waals surface area contributed by atoms with E-state index >= 15 is 0 Å². The van der Waals surface area contributed by atoms with E-state index in [4.69, 9.17) is 5.11 Å². The molecule has 0 unspecified atom stereocenters. The molecule has 0 radical (unpaired) electrons. The number of carbonyl (C=O) groups excluding carboxylic acids is 2. The van der Waals surface area contributed by atoms with Gasteiger partial charge in [0.05, 0.1) is 23.8 Å². The SMILES string of the molecule is CC(C)(C)C1=CC(=C/N=N\c2cc(-c3ccccc3)ccc2-c2cccc(/N=N/C=C3C=C(C(C)(C)C)C(=O)C(C(C)(C)C)=C3)c2)C=C(C(C)(C)C)C1=O. The normalized spacial score (nSPS) is 16.1. The maximum atomic E-state index is 13.5. The minimum absolute atomic E-state index is 0.0845. The van der Waals surface area contributed by atoms with E-state index in [0.717, 1.165) is 55.7 Å². The highest BCUT2D eigenvalue weighted by Crippen LogP contribution is 2.41. The van der Waals surface area contributed by atoms with E-state index in [2.05, 4.69) is 123 Å². The molecule has 0 fully saturated rings. The van der Waals surface area contributed by atoms with Gasteiger partial charge in [-0.15, -0.1) is 0 Å². The number of hydrogen-bond donors (Lipinski definition) is 0. The number of hydrogen-bond acceptors (Lipinski definition) is 6. The van der Waals surface area contributed by atoms with Gasteiger partial charge < -0.3 is 0 Å². The lowest BCUT2D eigenvalue weighted by Gasteiger charge is -2.31. The molecule has 5 rings (SSSR count). The highest BCUT2D eigenvalue weighted by Gasteiger charge is 2.35. The molecule has 0 saturated carbocycles. The lowest BCUT2D eigenvalue weighted by Crippen LogP contribution is -2.27. The summed E-state index contributed by atoms with van der Waals surface area (Å²) >= 11 is 0. The summed E-state index contributed by atoms with van der Waals surface area (Å²) in [5, 5.41) is 18.4. The first-order chi connectivity index (χ1) is 25.1. The van der Waals surface area contributed by atoms with Crippen LogP contribution in [0, 0.1) is 21.7 Å². The Morgan fingerprint density at radius 3 is 1.35 bits per heavy atom. The van der Waals surface area contributed by atoms with Crippen molar-refractivity contribution in [3.8, 4) is 22.3 Å². The molecule has 0 amide bonds. The summed E-state index contributed by atoms with van der Waals surface area (Å²) < 4.78 is 0. The van der Waals surface area contributed by atoms with Gasteiger partial charge in [-0.05, 0) is 92.0 Å². The second-order valence-electron chi connectivity index (χ2n) is 18.2. The Bertz CT molecular complexity index is 2140. The molecule has 0 heterocycles. The van der Waals surface area contributed by atoms with Gasteiger partial charge >= 0.3 is 0 Å². The summed E-state index contributed by atoms with van der Waals surface area (Å²) in [5.41, 5.74) is 8.78. The number of nitrogens with zero attached hydrogens (tertiary/aromatic N) is 4. The second-order valence-corrected chi connectivity index (χ2v) is 18.2. The van der Waals surface area contributed by atoms with Crippen molar-refractivity contribution in [1.82, 2.24) is 0 Å². The third-order valence-corrected chi connectivity index (χ3v) is 9.47. The smallest absolute Gasteiger partial charge is 0.186 e. The largest absolute Gasteiger partial charge is 0.289 e. The van der Waals surface area contributed by atoms with Crippen LogP contribution in [-0.4, -0.2) is 11.6 Å². The van der Waals surface area contributed by atoms with Crippen molar-refractivity contribution in [1.29, 1.82) is 0 Å². The summed E-state index contributed by atoms with van der Waals surface area (Å²) in [5.74, 6) is 0.173. The van der Waals surface area contributed by atoms with Gasteiger partial charge in [-0.2, -0.15) is 20.5 Å². The van der Waals surface area contributed by atoms with E-state index in [1.54, 1.807) is 12.4 Å². The molecule has 3 aromatic carbocycles. The number of allylic oxidation sites excluding steroid dienone is 10. The molecule has 6 heteroatoms. The first-order valence-corrected chi connectivity index (χ1v) is 18.6. The summed E-state index contributed by atoms with van der Waals surface area (Å²) in [7, 11) is 0. The van der Waals surface area contributed by atoms with E-state index in [0.29, 0.717) is 11.4 Å². The highest BCUT2D eigenvalue weighted by molar-refractivity contribution is 6.12. The number of Topliss-reactive ketones (excluding diaryl/α,β-unsaturated/α-hetero) is 2. The van der Waals surface area contributed by atoms with E-state index in [1.807, 2.05) is 72.8 Å². The van der Waals surface area contributed by atoms with Gasteiger partial charge in [0, 0.05) is 27.9 Å². The van der Waals surface area contributed by atoms with Crippen molar-refractivity contribution in [3.05, 3.63) is 143 Å². The molecule has 0 bridgehead atoms. The van der Waals surface area contributed by atoms with Crippen molar-refractivity contribution in [2.24, 2.45) is 42.1 Å². The topological polar surface area (TPSA) is 83.6 Å². The van der Waals surface area contributed by atoms with Crippen molar-refractivity contribution in [2.45, 2.75) is 83.1 Å². The Hall–Kier alpha value is -5.36. The zero-order valence-corrected chi connectivity index (χ0v) is 34.0. The molecule has 278 valence electrons. The maximum Gasteiger partial charge on any atom is 0.186 e. The molecule has 6 nitrogen and oxygen atoms in total. The lowest BCUT2D eigenvalue weighted by atomic mass is 9.72. The van der Waals surface area contributed by atoms with Crippen LogP contribution < -0.4 is 0 Å². The molecule has 3 aromatic rings. The van der Waals surface area contributed by atoms with Gasteiger partial charge in [0.2, 0.25) is 0 Å². The van der Waals surface area contributed by atoms with E-state index in [1.165, 1.54) is 0 Å². The second kappa shape index (κ2) is 15.2. The third-order valence-electron chi connectivity index (χ3n) is 9.47. The van der Waals surface area contributed by atoms with E-state index in [-0.39, 0.29) is 33.2 Å². The Balaban J connectivity index is 1.54. The predicted octanol–water partition coefficient (Wildman–Crippen LogP) is 14.0. The third kappa shape index (κ3) is 9.40. The number of rotatable bonds is 6. The highest BCUT2D eigenvalue weighted by atomic mass is 16.1. The van der Waals surface area contributed by atoms with Gasteiger partial charge in [0.15, 0.2) is 11.6 Å². The predicted molar refractivity (Wildman–Crippen MR) is 223 cm³/mol. The molecule has 0 N–H and O–H groups in total. The van der Waals surface area contributed by atoms with E-state index in [9.17, 15) is 9.59 Å². The van der Waals surface area contributed by atoms with E-state index < -0.39 is 0 Å². The molecule has 0 spiro atoms. The van der Waals surface area contributed by atoms with Gasteiger partial charge in [0.1, 0.15) is 0 Å². The number of carbonyl (C=O) groups is 2. The standard InChI is InChI=1S/C48H54N4O2/c1-45(2,3)38-23-31(24-39(43(38)53)46(4,5)6)29-49-51-36-20-16-19-35(27-36)37-22-21-34(33-17-14-13-15-18-33)28-42(37)52-50-30-32-25-40(47(7,8)9)44(54)41(26-32)48(10,11)12/h13-30H,1-12H3/b51-49+,52-50-. The Morgan fingerprint density at radius 1 is 0.444 bits per heavy atom. The minimum atomic E-state index is -0.318. The van der Waals surface area contributed by atoms with Gasteiger partial charge in [0.25, 0.3) is 0 Å². The van der Waals surface area contributed by atoms with Crippen LogP contribution in [0.2, 0.25) is 0 Å². The zero-order valence-electron chi connectivity index (χ0n) is 34.0. The summed E-state index contributed by atoms with van der Waals surface area (Å²) in [6.45, 7) is 24.7. The molecule has 2 aliphatic carbocycles. The monoisotopic (exact) mass is 718 g/mol. The van der Waals surface area contributed by atoms with Crippen LogP contribution in [0.3, 0.4) is 0 Å². The average molecular weight is 719 g/mol. The lowest BCUT2D eigenvalue weighted by molar-refractivity contribution is -0.114. The molecule has 0 aromatic heterocycles. The first-order valence-electron chi connectivity index (χ1n) is 18.6. The fourth-order valence-corrected chi connectivity index (χ4v) is 6.40. The van der Waals surface area contributed by atoms with Crippen LogP contribution in [0.4, 0.5) is 11.4 Å². The maximum absolute atomic E-state index is 13.5. The molecule has 54 heavy (non-hydrogen) atoms. The number of ketones is 2. The fourth-order valence-electron chi connectivity index (χ4n) is 6.40. The molecular weight excluding hydrogens is 665 g/mol. The van der Waals surface area contributed by atoms with Gasteiger partial charge in [-0.3, -0.25) is 9.59 Å². The van der Waals surface area contributed by atoms with Crippen LogP contribution in [-0.2, 0) is 9.59 Å². The van der Waals surface area contributed by atoms with Crippen molar-refractivity contribution in [2.75, 3.05) is 0 Å². The Labute approximate surface area is 322 Å². The molecule has 0 saturated heterocycles. The van der Waals surface area contributed by atoms with Crippen molar-refractivity contribution >= 4 is 22.9 Å². The average Bonchev–Trinajstić information content (AvgIpc) is 3.08. The Morgan fingerprint density at radius 2 is 0.889 bits per heavy atom. The van der Waals surface area contributed by atoms with Crippen LogP contribution in [0.1, 0.15) is 83.1 Å². The summed E-state index contributed by atoms with van der Waals surface area (Å²) in [6, 6.07) is 24.3. The number of azo groups is 2. The zero-order chi connectivity index (χ0) is 39.6.